The van der Waals surface area contributed by atoms with Gasteiger partial charge in [-0.3, -0.25) is 4.79 Å². The summed E-state index contributed by atoms with van der Waals surface area (Å²) in [6.07, 6.45) is 2.06. The van der Waals surface area contributed by atoms with Crippen LogP contribution in [-0.2, 0) is 4.79 Å². The average Bonchev–Trinajstić information content (AvgIpc) is 2.75. The molecule has 0 fully saturated rings. The molecule has 4 nitrogen and oxygen atoms in total. The standard InChI is InChI=1S/C17H15NO3/c1-2-11(17(20)21)9-10-18-14-8-4-6-12-5-3-7-13(15(12)14)16(18)19/h3-9H,2,10H2,1H3,(H,20,21). The highest BCUT2D eigenvalue weighted by atomic mass is 16.4. The molecule has 2 aromatic rings. The molecular weight excluding hydrogens is 266 g/mol. The largest absolute Gasteiger partial charge is 0.478 e. The molecule has 2 aromatic carbocycles. The molecule has 0 aliphatic carbocycles. The lowest BCUT2D eigenvalue weighted by Crippen LogP contribution is -2.27. The molecule has 0 bridgehead atoms. The van der Waals surface area contributed by atoms with Crippen molar-refractivity contribution in [3.8, 4) is 0 Å². The summed E-state index contributed by atoms with van der Waals surface area (Å²) in [4.78, 5) is 25.2. The molecule has 21 heavy (non-hydrogen) atoms. The van der Waals surface area contributed by atoms with Crippen LogP contribution < -0.4 is 4.90 Å². The van der Waals surface area contributed by atoms with Gasteiger partial charge in [-0.1, -0.05) is 37.3 Å². The van der Waals surface area contributed by atoms with Gasteiger partial charge < -0.3 is 10.0 Å². The maximum atomic E-state index is 12.5. The Hall–Kier alpha value is -2.62. The van der Waals surface area contributed by atoms with Crippen molar-refractivity contribution in [3.63, 3.8) is 0 Å². The predicted octanol–water partition coefficient (Wildman–Crippen LogP) is 3.22. The van der Waals surface area contributed by atoms with Crippen molar-refractivity contribution >= 4 is 28.3 Å². The van der Waals surface area contributed by atoms with Gasteiger partial charge in [0.15, 0.2) is 0 Å². The minimum absolute atomic E-state index is 0.0705. The number of carboxylic acids is 1. The molecule has 1 heterocycles. The second kappa shape index (κ2) is 5.05. The van der Waals surface area contributed by atoms with Crippen molar-refractivity contribution in [2.75, 3.05) is 11.4 Å². The molecule has 0 saturated heterocycles. The van der Waals surface area contributed by atoms with Crippen LogP contribution in [0.3, 0.4) is 0 Å². The Morgan fingerprint density at radius 2 is 1.95 bits per heavy atom. The molecule has 106 valence electrons. The van der Waals surface area contributed by atoms with Crippen LogP contribution in [0.25, 0.3) is 10.8 Å². The highest BCUT2D eigenvalue weighted by Crippen LogP contribution is 2.36. The van der Waals surface area contributed by atoms with E-state index in [1.807, 2.05) is 36.4 Å². The zero-order chi connectivity index (χ0) is 15.0. The molecule has 0 unspecified atom stereocenters. The SMILES string of the molecule is CCC(=CCN1C(=O)c2cccc3cccc1c23)C(=O)O. The zero-order valence-electron chi connectivity index (χ0n) is 11.7. The fraction of sp³-hybridized carbons (Fsp3) is 0.176. The molecule has 1 aliphatic heterocycles. The Labute approximate surface area is 122 Å². The number of carboxylic acid groups (broad SMARTS) is 1. The van der Waals surface area contributed by atoms with E-state index in [0.717, 1.165) is 16.5 Å². The summed E-state index contributed by atoms with van der Waals surface area (Å²) in [7, 11) is 0. The number of anilines is 1. The molecule has 0 saturated carbocycles. The highest BCUT2D eigenvalue weighted by Gasteiger charge is 2.28. The van der Waals surface area contributed by atoms with E-state index in [4.69, 9.17) is 5.11 Å². The molecule has 1 N–H and O–H groups in total. The third-order valence-corrected chi connectivity index (χ3v) is 3.82. The van der Waals surface area contributed by atoms with Gasteiger partial charge in [0.2, 0.25) is 0 Å². The summed E-state index contributed by atoms with van der Waals surface area (Å²) in [6.45, 7) is 2.07. The third-order valence-electron chi connectivity index (χ3n) is 3.82. The molecule has 4 heteroatoms. The Morgan fingerprint density at radius 3 is 2.62 bits per heavy atom. The van der Waals surface area contributed by atoms with Gasteiger partial charge in [0, 0.05) is 23.1 Å². The van der Waals surface area contributed by atoms with Gasteiger partial charge in [0.25, 0.3) is 5.91 Å². The van der Waals surface area contributed by atoms with Crippen LogP contribution in [-0.4, -0.2) is 23.5 Å². The summed E-state index contributed by atoms with van der Waals surface area (Å²) in [5.41, 5.74) is 1.86. The van der Waals surface area contributed by atoms with E-state index in [0.29, 0.717) is 17.6 Å². The van der Waals surface area contributed by atoms with Crippen LogP contribution in [0.15, 0.2) is 48.0 Å². The van der Waals surface area contributed by atoms with E-state index in [-0.39, 0.29) is 12.5 Å². The third kappa shape index (κ3) is 2.09. The monoisotopic (exact) mass is 281 g/mol. The molecule has 1 aliphatic rings. The maximum Gasteiger partial charge on any atom is 0.331 e. The molecule has 1 amide bonds. The van der Waals surface area contributed by atoms with E-state index < -0.39 is 5.97 Å². The lowest BCUT2D eigenvalue weighted by Gasteiger charge is -2.15. The van der Waals surface area contributed by atoms with Gasteiger partial charge in [-0.25, -0.2) is 4.79 Å². The van der Waals surface area contributed by atoms with Crippen molar-refractivity contribution < 1.29 is 14.7 Å². The Balaban J connectivity index is 2.02. The number of aliphatic carboxylic acids is 1. The van der Waals surface area contributed by atoms with Crippen LogP contribution in [0.2, 0.25) is 0 Å². The Morgan fingerprint density at radius 1 is 1.24 bits per heavy atom. The quantitative estimate of drug-likeness (QED) is 0.875. The smallest absolute Gasteiger partial charge is 0.331 e. The number of carbonyl (C=O) groups is 2. The summed E-state index contributed by atoms with van der Waals surface area (Å²) in [5.74, 6) is -1.00. The number of amides is 1. The topological polar surface area (TPSA) is 57.6 Å². The lowest BCUT2D eigenvalue weighted by atomic mass is 10.1. The van der Waals surface area contributed by atoms with E-state index in [2.05, 4.69) is 0 Å². The second-order valence-corrected chi connectivity index (χ2v) is 4.98. The maximum absolute atomic E-state index is 12.5. The predicted molar refractivity (Wildman–Crippen MR) is 81.6 cm³/mol. The zero-order valence-corrected chi connectivity index (χ0v) is 11.7. The van der Waals surface area contributed by atoms with Crippen molar-refractivity contribution in [1.29, 1.82) is 0 Å². The van der Waals surface area contributed by atoms with Crippen molar-refractivity contribution in [3.05, 3.63) is 53.6 Å². The van der Waals surface area contributed by atoms with Gasteiger partial charge in [-0.05, 0) is 23.9 Å². The number of carbonyl (C=O) groups excluding carboxylic acids is 1. The van der Waals surface area contributed by atoms with Crippen LogP contribution in [0.1, 0.15) is 23.7 Å². The van der Waals surface area contributed by atoms with Gasteiger partial charge >= 0.3 is 5.97 Å². The first-order chi connectivity index (χ1) is 10.1. The Bertz CT molecular complexity index is 771. The molecule has 3 rings (SSSR count). The van der Waals surface area contributed by atoms with Gasteiger partial charge in [-0.2, -0.15) is 0 Å². The van der Waals surface area contributed by atoms with Gasteiger partial charge in [0.1, 0.15) is 0 Å². The van der Waals surface area contributed by atoms with Gasteiger partial charge in [-0.15, -0.1) is 0 Å². The Kier molecular flexibility index (Phi) is 3.22. The number of rotatable bonds is 4. The lowest BCUT2D eigenvalue weighted by molar-refractivity contribution is -0.132. The number of benzene rings is 2. The number of hydrogen-bond donors (Lipinski definition) is 1. The minimum atomic E-state index is -0.931. The number of nitrogens with zero attached hydrogens (tertiary/aromatic N) is 1. The van der Waals surface area contributed by atoms with E-state index >= 15 is 0 Å². The fourth-order valence-corrected chi connectivity index (χ4v) is 2.74. The van der Waals surface area contributed by atoms with Crippen molar-refractivity contribution in [1.82, 2.24) is 0 Å². The van der Waals surface area contributed by atoms with Gasteiger partial charge in [0.05, 0.1) is 5.69 Å². The summed E-state index contributed by atoms with van der Waals surface area (Å²) in [6, 6.07) is 11.4. The first kappa shape index (κ1) is 13.4. The fourth-order valence-electron chi connectivity index (χ4n) is 2.74. The van der Waals surface area contributed by atoms with Crippen molar-refractivity contribution in [2.24, 2.45) is 0 Å². The molecule has 0 radical (unpaired) electrons. The first-order valence-electron chi connectivity index (χ1n) is 6.89. The van der Waals surface area contributed by atoms with Crippen LogP contribution >= 0.6 is 0 Å². The van der Waals surface area contributed by atoms with Crippen LogP contribution in [0.4, 0.5) is 5.69 Å². The van der Waals surface area contributed by atoms with Crippen LogP contribution in [0.5, 0.6) is 0 Å². The summed E-state index contributed by atoms with van der Waals surface area (Å²) >= 11 is 0. The normalized spacial score (nSPS) is 14.0. The molecular formula is C17H15NO3. The summed E-state index contributed by atoms with van der Waals surface area (Å²) in [5, 5.41) is 11.0. The average molecular weight is 281 g/mol. The first-order valence-corrected chi connectivity index (χ1v) is 6.89. The minimum Gasteiger partial charge on any atom is -0.478 e. The molecule has 0 aromatic heterocycles. The molecule has 0 atom stereocenters. The van der Waals surface area contributed by atoms with E-state index in [1.54, 1.807) is 17.9 Å². The van der Waals surface area contributed by atoms with E-state index in [1.165, 1.54) is 0 Å². The molecule has 0 spiro atoms. The second-order valence-electron chi connectivity index (χ2n) is 4.98. The number of hydrogen-bond acceptors (Lipinski definition) is 2. The van der Waals surface area contributed by atoms with Crippen LogP contribution in [0, 0.1) is 0 Å². The highest BCUT2D eigenvalue weighted by molar-refractivity contribution is 6.25. The van der Waals surface area contributed by atoms with Crippen molar-refractivity contribution in [2.45, 2.75) is 13.3 Å². The van der Waals surface area contributed by atoms with E-state index in [9.17, 15) is 9.59 Å². The summed E-state index contributed by atoms with van der Waals surface area (Å²) < 4.78 is 0.